The highest BCUT2D eigenvalue weighted by molar-refractivity contribution is 5.84. The average Bonchev–Trinajstić information content (AvgIpc) is 3.17. The third-order valence-corrected chi connectivity index (χ3v) is 5.60. The molecule has 1 amide bonds. The Labute approximate surface area is 151 Å². The molecule has 4 heterocycles. The Morgan fingerprint density at radius 3 is 3.04 bits per heavy atom. The fraction of sp³-hybridized carbons (Fsp3) is 0.800. The van der Waals surface area contributed by atoms with E-state index < -0.39 is 24.4 Å². The van der Waals surface area contributed by atoms with E-state index in [1.54, 1.807) is 5.01 Å². The predicted molar refractivity (Wildman–Crippen MR) is 94.6 cm³/mol. The molecule has 0 aromatic rings. The molecule has 26 heavy (non-hydrogen) atoms. The van der Waals surface area contributed by atoms with Gasteiger partial charge in [0.15, 0.2) is 0 Å². The molecular weight excluding hydrogens is 341 g/mol. The van der Waals surface area contributed by atoms with Crippen LogP contribution in [0.1, 0.15) is 6.42 Å². The van der Waals surface area contributed by atoms with Crippen molar-refractivity contribution in [2.45, 2.75) is 37.0 Å². The standard InChI is InChI=1S/C15H26FN9O/c1-24-11(6-20-23-24)9-2-3-18-5-10(9)21-15(26)12-13(17)22-25-7-8(16)4-19-14(12)25/h4-5,8-14,20,22-23H,2-3,6-7,17H2,1H3,(H,21,26). The second-order valence-electron chi connectivity index (χ2n) is 7.27. The number of fused-ring (bicyclic) bond motifs is 1. The zero-order chi connectivity index (χ0) is 18.3. The van der Waals surface area contributed by atoms with Crippen LogP contribution in [0.25, 0.3) is 0 Å². The van der Waals surface area contributed by atoms with Gasteiger partial charge in [0.2, 0.25) is 5.91 Å². The maximum Gasteiger partial charge on any atom is 0.230 e. The highest BCUT2D eigenvalue weighted by Crippen LogP contribution is 2.26. The summed E-state index contributed by atoms with van der Waals surface area (Å²) in [7, 11) is 1.98. The van der Waals surface area contributed by atoms with Gasteiger partial charge in [0.25, 0.3) is 0 Å². The lowest BCUT2D eigenvalue weighted by Gasteiger charge is -2.35. The molecule has 4 aliphatic rings. The van der Waals surface area contributed by atoms with Crippen LogP contribution < -0.4 is 27.4 Å². The fourth-order valence-corrected chi connectivity index (χ4v) is 4.25. The van der Waals surface area contributed by atoms with Crippen molar-refractivity contribution in [3.8, 4) is 0 Å². The van der Waals surface area contributed by atoms with Gasteiger partial charge in [0, 0.05) is 44.5 Å². The van der Waals surface area contributed by atoms with Crippen molar-refractivity contribution in [1.29, 1.82) is 0 Å². The molecule has 0 radical (unpaired) electrons. The van der Waals surface area contributed by atoms with E-state index in [1.165, 1.54) is 6.21 Å². The largest absolute Gasteiger partial charge is 0.348 e. The number of hydrogen-bond donors (Lipinski definition) is 5. The molecule has 10 nitrogen and oxygen atoms in total. The molecule has 0 bridgehead atoms. The minimum Gasteiger partial charge on any atom is -0.348 e. The molecule has 2 fully saturated rings. The molecule has 7 unspecified atom stereocenters. The molecule has 4 rings (SSSR count). The van der Waals surface area contributed by atoms with E-state index in [1.807, 2.05) is 18.3 Å². The molecule has 6 N–H and O–H groups in total. The number of likely N-dealkylation sites (N-methyl/N-ethyl adjacent to an activating group) is 1. The molecule has 4 aliphatic heterocycles. The minimum absolute atomic E-state index is 0.142. The number of carbonyl (C=O) groups excluding carboxylic acids is 1. The smallest absolute Gasteiger partial charge is 0.230 e. The molecule has 7 atom stereocenters. The van der Waals surface area contributed by atoms with Crippen molar-refractivity contribution < 1.29 is 9.18 Å². The highest BCUT2D eigenvalue weighted by Gasteiger charge is 2.47. The van der Waals surface area contributed by atoms with Gasteiger partial charge in [-0.15, -0.1) is 0 Å². The van der Waals surface area contributed by atoms with Crippen LogP contribution in [0, 0.1) is 11.8 Å². The monoisotopic (exact) mass is 367 g/mol. The number of aliphatic imine (C=N–C) groups is 2. The Balaban J connectivity index is 1.47. The zero-order valence-corrected chi connectivity index (χ0v) is 14.7. The van der Waals surface area contributed by atoms with Gasteiger partial charge >= 0.3 is 0 Å². The molecule has 0 saturated carbocycles. The van der Waals surface area contributed by atoms with Crippen molar-refractivity contribution in [2.75, 3.05) is 26.7 Å². The van der Waals surface area contributed by atoms with Crippen LogP contribution in [0.15, 0.2) is 9.98 Å². The predicted octanol–water partition coefficient (Wildman–Crippen LogP) is -2.65. The summed E-state index contributed by atoms with van der Waals surface area (Å²) in [6.07, 6.45) is 1.75. The van der Waals surface area contributed by atoms with Crippen LogP contribution in [-0.4, -0.2) is 85.6 Å². The number of hydrogen-bond acceptors (Lipinski definition) is 9. The second kappa shape index (κ2) is 7.25. The van der Waals surface area contributed by atoms with Gasteiger partial charge in [0.1, 0.15) is 18.3 Å². The number of halogens is 1. The van der Waals surface area contributed by atoms with Crippen LogP contribution in [0.5, 0.6) is 0 Å². The summed E-state index contributed by atoms with van der Waals surface area (Å²) in [4.78, 5) is 21.5. The molecule has 0 aromatic carbocycles. The van der Waals surface area contributed by atoms with Gasteiger partial charge in [-0.05, 0) is 6.42 Å². The molecular formula is C15H26FN9O. The van der Waals surface area contributed by atoms with Crippen LogP contribution in [0.3, 0.4) is 0 Å². The first-order chi connectivity index (χ1) is 12.5. The Morgan fingerprint density at radius 1 is 1.42 bits per heavy atom. The topological polar surface area (TPSA) is 122 Å². The maximum absolute atomic E-state index is 13.5. The van der Waals surface area contributed by atoms with Crippen LogP contribution in [-0.2, 0) is 4.79 Å². The van der Waals surface area contributed by atoms with Crippen LogP contribution in [0.2, 0.25) is 0 Å². The zero-order valence-electron chi connectivity index (χ0n) is 14.7. The number of hydrazine groups is 3. The lowest BCUT2D eigenvalue weighted by Crippen LogP contribution is -2.55. The first-order valence-electron chi connectivity index (χ1n) is 9.02. The number of nitrogens with zero attached hydrogens (tertiary/aromatic N) is 4. The number of nitrogens with one attached hydrogen (secondary N) is 4. The van der Waals surface area contributed by atoms with Gasteiger partial charge < -0.3 is 11.1 Å². The third-order valence-electron chi connectivity index (χ3n) is 5.60. The van der Waals surface area contributed by atoms with E-state index in [0.29, 0.717) is 0 Å². The van der Waals surface area contributed by atoms with Crippen molar-refractivity contribution in [1.82, 2.24) is 31.7 Å². The summed E-state index contributed by atoms with van der Waals surface area (Å²) in [5.41, 5.74) is 15.3. The van der Waals surface area contributed by atoms with Gasteiger partial charge in [-0.3, -0.25) is 14.8 Å². The second-order valence-corrected chi connectivity index (χ2v) is 7.27. The molecule has 2 saturated heterocycles. The first kappa shape index (κ1) is 17.9. The summed E-state index contributed by atoms with van der Waals surface area (Å²) in [6.45, 7) is 1.69. The van der Waals surface area contributed by atoms with Crippen LogP contribution >= 0.6 is 0 Å². The van der Waals surface area contributed by atoms with E-state index in [4.69, 9.17) is 5.73 Å². The van der Waals surface area contributed by atoms with Gasteiger partial charge in [-0.1, -0.05) is 0 Å². The Hall–Kier alpha value is -1.50. The lowest BCUT2D eigenvalue weighted by atomic mass is 9.86. The Morgan fingerprint density at radius 2 is 2.27 bits per heavy atom. The molecule has 0 aromatic heterocycles. The lowest BCUT2D eigenvalue weighted by molar-refractivity contribution is -0.126. The number of carbonyl (C=O) groups is 1. The molecule has 144 valence electrons. The summed E-state index contributed by atoms with van der Waals surface area (Å²) < 4.78 is 13.5. The van der Waals surface area contributed by atoms with Gasteiger partial charge in [-0.2, -0.15) is 5.53 Å². The van der Waals surface area contributed by atoms with Crippen molar-refractivity contribution >= 4 is 18.3 Å². The Bertz CT molecular complexity index is 602. The van der Waals surface area contributed by atoms with E-state index in [-0.39, 0.29) is 30.5 Å². The average molecular weight is 367 g/mol. The van der Waals surface area contributed by atoms with Crippen molar-refractivity contribution in [3.05, 3.63) is 0 Å². The van der Waals surface area contributed by atoms with Crippen LogP contribution in [0.4, 0.5) is 4.39 Å². The van der Waals surface area contributed by atoms with Crippen molar-refractivity contribution in [3.63, 3.8) is 0 Å². The van der Waals surface area contributed by atoms with Crippen molar-refractivity contribution in [2.24, 2.45) is 27.6 Å². The molecule has 11 heteroatoms. The third kappa shape index (κ3) is 3.26. The highest BCUT2D eigenvalue weighted by atomic mass is 19.1. The molecule has 0 aliphatic carbocycles. The van der Waals surface area contributed by atoms with E-state index >= 15 is 0 Å². The van der Waals surface area contributed by atoms with E-state index in [9.17, 15) is 9.18 Å². The number of alkyl halides is 1. The normalized spacial score (nSPS) is 43.6. The van der Waals surface area contributed by atoms with Gasteiger partial charge in [0.05, 0.1) is 18.8 Å². The van der Waals surface area contributed by atoms with E-state index in [2.05, 4.69) is 31.7 Å². The number of amides is 1. The quantitative estimate of drug-likeness (QED) is 0.369. The summed E-state index contributed by atoms with van der Waals surface area (Å²) in [6, 6.07) is 0.0760. The minimum atomic E-state index is -1.15. The fourth-order valence-electron chi connectivity index (χ4n) is 4.25. The SMILES string of the molecule is CN1NNCC1C1CCN=CC1NC(=O)C1C(N)NN2CC(F)C=NC12. The maximum atomic E-state index is 13.5. The number of rotatable bonds is 3. The summed E-state index contributed by atoms with van der Waals surface area (Å²) in [5.74, 6) is -0.528. The molecule has 0 spiro atoms. The van der Waals surface area contributed by atoms with Gasteiger partial charge in [-0.25, -0.2) is 25.3 Å². The number of nitrogens with two attached hydrogens (primary N) is 1. The van der Waals surface area contributed by atoms with E-state index in [0.717, 1.165) is 19.5 Å². The Kier molecular flexibility index (Phi) is 4.99. The summed E-state index contributed by atoms with van der Waals surface area (Å²) >= 11 is 0. The first-order valence-corrected chi connectivity index (χ1v) is 9.02. The summed E-state index contributed by atoms with van der Waals surface area (Å²) in [5, 5.41) is 6.74.